The van der Waals surface area contributed by atoms with Crippen LogP contribution in [0.4, 0.5) is 5.69 Å². The molecule has 0 saturated heterocycles. The fraction of sp³-hybridized carbons (Fsp3) is 0.200. The van der Waals surface area contributed by atoms with Crippen molar-refractivity contribution in [3.63, 3.8) is 0 Å². The van der Waals surface area contributed by atoms with Crippen molar-refractivity contribution in [2.75, 3.05) is 12.4 Å². The molecule has 22 heavy (non-hydrogen) atoms. The molecule has 0 aliphatic rings. The molecule has 0 saturated carbocycles. The Balaban J connectivity index is 2.10. The van der Waals surface area contributed by atoms with Crippen LogP contribution in [0.5, 0.6) is 0 Å². The molecule has 0 unspecified atom stereocenters. The monoisotopic (exact) mass is 316 g/mol. The first-order valence-electron chi connectivity index (χ1n) is 6.61. The first-order chi connectivity index (χ1) is 10.5. The molecule has 114 valence electrons. The number of pyridine rings is 1. The summed E-state index contributed by atoms with van der Waals surface area (Å²) in [4.78, 5) is 3.98. The number of hydrogen-bond donors (Lipinski definition) is 2. The molecule has 0 amide bonds. The summed E-state index contributed by atoms with van der Waals surface area (Å²) < 4.78 is 25.4. The Labute approximate surface area is 129 Å². The lowest BCUT2D eigenvalue weighted by molar-refractivity contribution is 0.587. The van der Waals surface area contributed by atoms with Crippen LogP contribution in [0, 0.1) is 11.3 Å². The largest absolute Gasteiger partial charge is 0.379 e. The topological polar surface area (TPSA) is 94.9 Å². The van der Waals surface area contributed by atoms with Crippen molar-refractivity contribution >= 4 is 15.7 Å². The predicted octanol–water partition coefficient (Wildman–Crippen LogP) is 1.61. The highest BCUT2D eigenvalue weighted by Crippen LogP contribution is 2.14. The van der Waals surface area contributed by atoms with Crippen molar-refractivity contribution in [3.8, 4) is 6.07 Å². The van der Waals surface area contributed by atoms with E-state index in [1.807, 2.05) is 18.2 Å². The molecule has 1 heterocycles. The summed E-state index contributed by atoms with van der Waals surface area (Å²) in [5.74, 6) is -0.0618. The van der Waals surface area contributed by atoms with E-state index in [4.69, 9.17) is 5.26 Å². The van der Waals surface area contributed by atoms with Crippen molar-refractivity contribution in [3.05, 3.63) is 59.4 Å². The number of nitriles is 1. The zero-order valence-corrected chi connectivity index (χ0v) is 12.9. The Kier molecular flexibility index (Phi) is 5.09. The van der Waals surface area contributed by atoms with Gasteiger partial charge in [-0.3, -0.25) is 4.98 Å². The van der Waals surface area contributed by atoms with Gasteiger partial charge in [-0.25, -0.2) is 13.1 Å². The number of nitrogens with zero attached hydrogens (tertiary/aromatic N) is 2. The molecule has 6 nitrogen and oxygen atoms in total. The zero-order chi connectivity index (χ0) is 16.0. The quantitative estimate of drug-likeness (QED) is 0.844. The number of hydrogen-bond acceptors (Lipinski definition) is 5. The summed E-state index contributed by atoms with van der Waals surface area (Å²) in [5.41, 5.74) is 2.80. The lowest BCUT2D eigenvalue weighted by atomic mass is 10.1. The minimum atomic E-state index is -3.29. The van der Waals surface area contributed by atoms with E-state index in [-0.39, 0.29) is 5.75 Å². The van der Waals surface area contributed by atoms with Crippen LogP contribution < -0.4 is 10.0 Å². The second kappa shape index (κ2) is 7.02. The SMILES string of the molecule is CNS(=O)(=O)Cc1cccc(CNc2cnccc2C#N)c1. The maximum atomic E-state index is 11.6. The van der Waals surface area contributed by atoms with Crippen LogP contribution in [0.2, 0.25) is 0 Å². The third-order valence-corrected chi connectivity index (χ3v) is 4.42. The minimum absolute atomic E-state index is 0.0618. The van der Waals surface area contributed by atoms with Gasteiger partial charge in [0.1, 0.15) is 6.07 Å². The predicted molar refractivity (Wildman–Crippen MR) is 84.4 cm³/mol. The summed E-state index contributed by atoms with van der Waals surface area (Å²) in [7, 11) is -1.90. The van der Waals surface area contributed by atoms with Crippen molar-refractivity contribution in [2.24, 2.45) is 0 Å². The molecule has 0 aliphatic carbocycles. The fourth-order valence-corrected chi connectivity index (χ4v) is 2.71. The normalized spacial score (nSPS) is 10.9. The summed E-state index contributed by atoms with van der Waals surface area (Å²) in [5, 5.41) is 12.2. The van der Waals surface area contributed by atoms with E-state index >= 15 is 0 Å². The van der Waals surface area contributed by atoms with E-state index in [0.717, 1.165) is 5.56 Å². The first kappa shape index (κ1) is 15.9. The summed E-state index contributed by atoms with van der Waals surface area (Å²) in [6.07, 6.45) is 3.15. The average Bonchev–Trinajstić information content (AvgIpc) is 2.53. The number of benzene rings is 1. The third-order valence-electron chi connectivity index (χ3n) is 3.08. The van der Waals surface area contributed by atoms with Crippen LogP contribution in [0.1, 0.15) is 16.7 Å². The molecule has 0 fully saturated rings. The van der Waals surface area contributed by atoms with Gasteiger partial charge in [-0.05, 0) is 24.2 Å². The molecular formula is C15H16N4O2S. The fourth-order valence-electron chi connectivity index (χ4n) is 1.95. The van der Waals surface area contributed by atoms with Gasteiger partial charge in [-0.2, -0.15) is 5.26 Å². The molecule has 7 heteroatoms. The van der Waals surface area contributed by atoms with Crippen molar-refractivity contribution in [1.82, 2.24) is 9.71 Å². The van der Waals surface area contributed by atoms with E-state index in [2.05, 4.69) is 21.1 Å². The van der Waals surface area contributed by atoms with E-state index in [1.54, 1.807) is 24.5 Å². The van der Waals surface area contributed by atoms with Gasteiger partial charge in [0.2, 0.25) is 10.0 Å². The van der Waals surface area contributed by atoms with E-state index in [0.29, 0.717) is 23.4 Å². The van der Waals surface area contributed by atoms with E-state index in [1.165, 1.54) is 7.05 Å². The van der Waals surface area contributed by atoms with Crippen LogP contribution in [-0.2, 0) is 22.3 Å². The van der Waals surface area contributed by atoms with Gasteiger partial charge in [0, 0.05) is 12.7 Å². The molecule has 0 aliphatic heterocycles. The summed E-state index contributed by atoms with van der Waals surface area (Å²) >= 11 is 0. The highest BCUT2D eigenvalue weighted by atomic mass is 32.2. The van der Waals surface area contributed by atoms with E-state index < -0.39 is 10.0 Å². The summed E-state index contributed by atoms with van der Waals surface area (Å²) in [6.45, 7) is 0.480. The molecule has 2 N–H and O–H groups in total. The van der Waals surface area contributed by atoms with Crippen LogP contribution in [0.25, 0.3) is 0 Å². The smallest absolute Gasteiger partial charge is 0.215 e. The van der Waals surface area contributed by atoms with Crippen LogP contribution >= 0.6 is 0 Å². The molecule has 2 aromatic rings. The lowest BCUT2D eigenvalue weighted by Gasteiger charge is -2.09. The average molecular weight is 316 g/mol. The second-order valence-corrected chi connectivity index (χ2v) is 6.60. The van der Waals surface area contributed by atoms with Gasteiger partial charge < -0.3 is 5.32 Å². The first-order valence-corrected chi connectivity index (χ1v) is 8.26. The molecule has 0 radical (unpaired) electrons. The van der Waals surface area contributed by atoms with E-state index in [9.17, 15) is 8.42 Å². The van der Waals surface area contributed by atoms with Gasteiger partial charge >= 0.3 is 0 Å². The molecular weight excluding hydrogens is 300 g/mol. The Morgan fingerprint density at radius 2 is 2.05 bits per heavy atom. The standard InChI is InChI=1S/C15H16N4O2S/c1-17-22(20,21)11-13-4-2-3-12(7-13)9-19-15-10-18-6-5-14(15)8-16/h2-7,10,17,19H,9,11H2,1H3. The van der Waals surface area contributed by atoms with Gasteiger partial charge in [0.15, 0.2) is 0 Å². The maximum Gasteiger partial charge on any atom is 0.215 e. The molecule has 2 rings (SSSR count). The second-order valence-electron chi connectivity index (χ2n) is 4.67. The van der Waals surface area contributed by atoms with Gasteiger partial charge in [-0.15, -0.1) is 0 Å². The van der Waals surface area contributed by atoms with Gasteiger partial charge in [0.25, 0.3) is 0 Å². The highest BCUT2D eigenvalue weighted by molar-refractivity contribution is 7.88. The highest BCUT2D eigenvalue weighted by Gasteiger charge is 2.09. The minimum Gasteiger partial charge on any atom is -0.379 e. The van der Waals surface area contributed by atoms with Crippen LogP contribution in [0.15, 0.2) is 42.7 Å². The molecule has 0 bridgehead atoms. The van der Waals surface area contributed by atoms with Crippen LogP contribution in [-0.4, -0.2) is 20.4 Å². The number of nitrogens with one attached hydrogen (secondary N) is 2. The Bertz CT molecular complexity index is 797. The number of sulfonamides is 1. The number of anilines is 1. The molecule has 1 aromatic carbocycles. The Morgan fingerprint density at radius 1 is 1.27 bits per heavy atom. The van der Waals surface area contributed by atoms with Crippen molar-refractivity contribution < 1.29 is 8.42 Å². The number of rotatable bonds is 6. The third kappa shape index (κ3) is 4.28. The molecule has 0 atom stereocenters. The van der Waals surface area contributed by atoms with Crippen molar-refractivity contribution in [1.29, 1.82) is 5.26 Å². The maximum absolute atomic E-state index is 11.6. The summed E-state index contributed by atoms with van der Waals surface area (Å²) in [6, 6.07) is 11.0. The van der Waals surface area contributed by atoms with Crippen LogP contribution in [0.3, 0.4) is 0 Å². The Hall–Kier alpha value is -2.43. The van der Waals surface area contributed by atoms with Crippen molar-refractivity contribution in [2.45, 2.75) is 12.3 Å². The van der Waals surface area contributed by atoms with Gasteiger partial charge in [-0.1, -0.05) is 24.3 Å². The zero-order valence-electron chi connectivity index (χ0n) is 12.1. The lowest BCUT2D eigenvalue weighted by Crippen LogP contribution is -2.20. The van der Waals surface area contributed by atoms with Gasteiger partial charge in [0.05, 0.1) is 23.2 Å². The molecule has 0 spiro atoms. The Morgan fingerprint density at radius 3 is 2.77 bits per heavy atom. The molecule has 1 aromatic heterocycles. The number of aromatic nitrogens is 1.